The molecule has 0 saturated carbocycles. The Morgan fingerprint density at radius 3 is 1.33 bits per heavy atom. The molecule has 0 fully saturated rings. The molecule has 4 aliphatic rings. The summed E-state index contributed by atoms with van der Waals surface area (Å²) in [6, 6.07) is 74.5. The first-order chi connectivity index (χ1) is 31.9. The van der Waals surface area contributed by atoms with E-state index in [4.69, 9.17) is 0 Å². The van der Waals surface area contributed by atoms with Crippen molar-refractivity contribution in [1.82, 2.24) is 0 Å². The number of hydrogen-bond donors (Lipinski definition) is 0. The maximum atomic E-state index is 2.59. The first kappa shape index (κ1) is 39.2. The highest BCUT2D eigenvalue weighted by atomic mass is 15.1. The van der Waals surface area contributed by atoms with Gasteiger partial charge in [-0.2, -0.15) is 0 Å². The minimum atomic E-state index is -0.540. The lowest BCUT2D eigenvalue weighted by Crippen LogP contribution is -2.27. The fourth-order valence-electron chi connectivity index (χ4n) is 12.9. The van der Waals surface area contributed by atoms with Gasteiger partial charge < -0.3 is 4.90 Å². The average molecular weight is 848 g/mol. The second-order valence-corrected chi connectivity index (χ2v) is 21.2. The first-order valence-electron chi connectivity index (χ1n) is 23.8. The van der Waals surface area contributed by atoms with E-state index in [0.717, 1.165) is 0 Å². The van der Waals surface area contributed by atoms with Gasteiger partial charge in [0.1, 0.15) is 0 Å². The van der Waals surface area contributed by atoms with E-state index in [-0.39, 0.29) is 16.2 Å². The molecular weight excluding hydrogens is 795 g/mol. The van der Waals surface area contributed by atoms with Crippen LogP contribution in [0.5, 0.6) is 0 Å². The lowest BCUT2D eigenvalue weighted by molar-refractivity contribution is 0.590. The molecule has 0 aromatic heterocycles. The van der Waals surface area contributed by atoms with Gasteiger partial charge in [0.2, 0.25) is 0 Å². The molecule has 318 valence electrons. The molecule has 1 heteroatoms. The van der Waals surface area contributed by atoms with Gasteiger partial charge in [0.05, 0.1) is 11.1 Å². The molecule has 0 bridgehead atoms. The van der Waals surface area contributed by atoms with Gasteiger partial charge in [0.15, 0.2) is 0 Å². The second kappa shape index (κ2) is 13.4. The molecule has 4 aliphatic carbocycles. The van der Waals surface area contributed by atoms with Crippen molar-refractivity contribution in [2.45, 2.75) is 70.1 Å². The third-order valence-electron chi connectivity index (χ3n) is 16.1. The molecule has 0 radical (unpaired) electrons. The van der Waals surface area contributed by atoms with E-state index in [0.29, 0.717) is 0 Å². The molecular formula is C65H53N. The SMILES string of the molecule is CC(C)(C)c1ccc(-c2cccc3c2C2(c4ccccc4-3)c3ccccc3-c3c(N(c4ccc5c(c4)C(C)(C)c4ccccc4-5)c4ccc5c(c4)C(C)(C)c4ccccc4-5)cccc32)cc1. The number of anilines is 3. The van der Waals surface area contributed by atoms with E-state index in [1.54, 1.807) is 0 Å². The first-order valence-corrected chi connectivity index (χ1v) is 23.8. The Morgan fingerprint density at radius 2 is 0.773 bits per heavy atom. The van der Waals surface area contributed by atoms with Crippen molar-refractivity contribution < 1.29 is 0 Å². The van der Waals surface area contributed by atoms with Crippen molar-refractivity contribution in [2.75, 3.05) is 4.90 Å². The van der Waals surface area contributed by atoms with Crippen molar-refractivity contribution in [1.29, 1.82) is 0 Å². The van der Waals surface area contributed by atoms with Crippen LogP contribution < -0.4 is 4.90 Å². The highest BCUT2D eigenvalue weighted by Gasteiger charge is 2.54. The second-order valence-electron chi connectivity index (χ2n) is 21.2. The lowest BCUT2D eigenvalue weighted by Gasteiger charge is -2.33. The molecule has 13 rings (SSSR count). The number of benzene rings is 9. The maximum Gasteiger partial charge on any atom is 0.0732 e. The quantitative estimate of drug-likeness (QED) is 0.171. The van der Waals surface area contributed by atoms with Crippen LogP contribution in [-0.4, -0.2) is 0 Å². The van der Waals surface area contributed by atoms with Gasteiger partial charge in [0, 0.05) is 27.8 Å². The summed E-state index contributed by atoms with van der Waals surface area (Å²) in [6.07, 6.45) is 0. The van der Waals surface area contributed by atoms with Gasteiger partial charge in [-0.05, 0) is 136 Å². The van der Waals surface area contributed by atoms with E-state index in [1.165, 1.54) is 123 Å². The van der Waals surface area contributed by atoms with Crippen LogP contribution in [0.25, 0.3) is 55.6 Å². The standard InChI is InChI=1S/C65H53N/c1-62(2,3)41-32-30-40(31-33-41)44-22-16-23-50-47-20-10-14-26-54(47)65(61(44)50)55-27-15-11-21-51(55)60-56(65)28-17-29-59(60)66(42-34-36-48-45-18-8-12-24-52(45)63(4,5)57(48)38-42)43-35-37-49-46-19-9-13-25-53(46)64(6,7)58(49)39-43/h8-39H,1-7H3. The minimum absolute atomic E-state index is 0.0668. The molecule has 66 heavy (non-hydrogen) atoms. The van der Waals surface area contributed by atoms with E-state index in [9.17, 15) is 0 Å². The Bertz CT molecular complexity index is 3410. The van der Waals surface area contributed by atoms with Gasteiger partial charge in [-0.3, -0.25) is 0 Å². The van der Waals surface area contributed by atoms with Gasteiger partial charge in [-0.1, -0.05) is 212 Å². The summed E-state index contributed by atoms with van der Waals surface area (Å²) in [4.78, 5) is 2.59. The fourth-order valence-corrected chi connectivity index (χ4v) is 12.9. The predicted molar refractivity (Wildman–Crippen MR) is 277 cm³/mol. The zero-order valence-electron chi connectivity index (χ0n) is 38.9. The molecule has 0 amide bonds. The Balaban J connectivity index is 1.10. The summed E-state index contributed by atoms with van der Waals surface area (Å²) in [6.45, 7) is 16.5. The summed E-state index contributed by atoms with van der Waals surface area (Å²) >= 11 is 0. The summed E-state index contributed by atoms with van der Waals surface area (Å²) < 4.78 is 0. The fraction of sp³-hybridized carbons (Fsp3) is 0.169. The van der Waals surface area contributed by atoms with Gasteiger partial charge in [-0.15, -0.1) is 0 Å². The van der Waals surface area contributed by atoms with E-state index >= 15 is 0 Å². The topological polar surface area (TPSA) is 3.24 Å². The smallest absolute Gasteiger partial charge is 0.0732 e. The summed E-state index contributed by atoms with van der Waals surface area (Å²) in [5.74, 6) is 0. The van der Waals surface area contributed by atoms with Crippen LogP contribution in [0.3, 0.4) is 0 Å². The van der Waals surface area contributed by atoms with Crippen LogP contribution in [0, 0.1) is 0 Å². The van der Waals surface area contributed by atoms with E-state index < -0.39 is 5.41 Å². The Hall–Kier alpha value is -7.22. The third-order valence-corrected chi connectivity index (χ3v) is 16.1. The molecule has 1 unspecified atom stereocenters. The number of nitrogens with zero attached hydrogens (tertiary/aromatic N) is 1. The van der Waals surface area contributed by atoms with Crippen molar-refractivity contribution in [3.05, 3.63) is 244 Å². The summed E-state index contributed by atoms with van der Waals surface area (Å²) in [5.41, 5.74) is 28.1. The Labute approximate surface area is 390 Å². The van der Waals surface area contributed by atoms with Crippen LogP contribution in [0.1, 0.15) is 98.5 Å². The van der Waals surface area contributed by atoms with Crippen molar-refractivity contribution in [3.63, 3.8) is 0 Å². The molecule has 1 atom stereocenters. The molecule has 0 heterocycles. The number of hydrogen-bond acceptors (Lipinski definition) is 1. The van der Waals surface area contributed by atoms with Crippen LogP contribution in [0.4, 0.5) is 17.1 Å². The molecule has 1 nitrogen and oxygen atoms in total. The summed E-state index contributed by atoms with van der Waals surface area (Å²) in [7, 11) is 0. The summed E-state index contributed by atoms with van der Waals surface area (Å²) in [5, 5.41) is 0. The predicted octanol–water partition coefficient (Wildman–Crippen LogP) is 17.1. The van der Waals surface area contributed by atoms with Crippen LogP contribution >= 0.6 is 0 Å². The van der Waals surface area contributed by atoms with Crippen molar-refractivity contribution in [2.24, 2.45) is 0 Å². The zero-order chi connectivity index (χ0) is 44.9. The van der Waals surface area contributed by atoms with Crippen LogP contribution in [0.15, 0.2) is 194 Å². The maximum absolute atomic E-state index is 2.59. The molecule has 9 aromatic carbocycles. The van der Waals surface area contributed by atoms with E-state index in [1.807, 2.05) is 0 Å². The number of fused-ring (bicyclic) bond motifs is 16. The molecule has 1 spiro atoms. The van der Waals surface area contributed by atoms with Crippen molar-refractivity contribution in [3.8, 4) is 55.6 Å². The molecule has 9 aromatic rings. The van der Waals surface area contributed by atoms with Gasteiger partial charge >= 0.3 is 0 Å². The average Bonchev–Trinajstić information content (AvgIpc) is 3.97. The molecule has 0 N–H and O–H groups in total. The Kier molecular flexibility index (Phi) is 7.97. The highest BCUT2D eigenvalue weighted by Crippen LogP contribution is 2.66. The highest BCUT2D eigenvalue weighted by molar-refractivity contribution is 6.03. The van der Waals surface area contributed by atoms with E-state index in [2.05, 4.69) is 247 Å². The normalized spacial score (nSPS) is 17.0. The van der Waals surface area contributed by atoms with Crippen LogP contribution in [0.2, 0.25) is 0 Å². The largest absolute Gasteiger partial charge is 0.310 e. The molecule has 0 saturated heterocycles. The zero-order valence-corrected chi connectivity index (χ0v) is 38.9. The van der Waals surface area contributed by atoms with Crippen LogP contribution in [-0.2, 0) is 21.7 Å². The van der Waals surface area contributed by atoms with Gasteiger partial charge in [-0.25, -0.2) is 0 Å². The molecule has 0 aliphatic heterocycles. The Morgan fingerprint density at radius 1 is 0.348 bits per heavy atom. The van der Waals surface area contributed by atoms with Gasteiger partial charge in [0.25, 0.3) is 0 Å². The van der Waals surface area contributed by atoms with Crippen molar-refractivity contribution >= 4 is 17.1 Å². The number of rotatable bonds is 4. The lowest BCUT2D eigenvalue weighted by atomic mass is 9.68. The third kappa shape index (κ3) is 5.06. The monoisotopic (exact) mass is 847 g/mol. The minimum Gasteiger partial charge on any atom is -0.310 e.